The number of aliphatic carboxylic acids is 2. The molecule has 0 saturated carbocycles. The van der Waals surface area contributed by atoms with Crippen molar-refractivity contribution in [2.45, 2.75) is 83.3 Å². The molecule has 0 bridgehead atoms. The Bertz CT molecular complexity index is 1680. The number of likely N-dealkylation sites (tertiary alicyclic amines) is 1. The zero-order chi connectivity index (χ0) is 43.9. The molecule has 1 heterocycles. The molecule has 1 fully saturated rings. The van der Waals surface area contributed by atoms with Crippen LogP contribution in [0.25, 0.3) is 0 Å². The first kappa shape index (κ1) is 49.3. The van der Waals surface area contributed by atoms with E-state index in [4.69, 9.17) is 14.2 Å². The normalized spacial score (nSPS) is 15.8. The van der Waals surface area contributed by atoms with Crippen molar-refractivity contribution in [2.75, 3.05) is 59.8 Å². The number of nitrogens with one attached hydrogen (secondary N) is 3. The molecule has 0 radical (unpaired) electrons. The lowest BCUT2D eigenvalue weighted by Gasteiger charge is -2.30. The highest BCUT2D eigenvalue weighted by Crippen LogP contribution is 2.25. The Morgan fingerprint density at radius 1 is 0.733 bits per heavy atom. The Morgan fingerprint density at radius 3 is 1.92 bits per heavy atom. The standard InChI is InChI=1S/C44H62N4O12/c1-30(2)23-36(46-40(51)29-60-22-21-59-20-19-58-18-16-45-3)43(55)48-17-10-15-37(48)39(50)26-33(24-31-11-6-4-7-12-31)42(54)47-35(25-32-13-8-5-9-14-32)38(49)27-34(44(56)57)28-41(52)53/h4-9,11-14,30,33-37,45H,10,15-29H2,1-3H3,(H,46,51)(H,47,54)(H,52,53)(H,56,57)/t33?,34?,35-,36-,37-/m0/s1. The zero-order valence-corrected chi connectivity index (χ0v) is 35.0. The molecular formula is C44H62N4O12. The molecule has 1 aliphatic rings. The summed E-state index contributed by atoms with van der Waals surface area (Å²) in [5.74, 6) is -7.77. The summed E-state index contributed by atoms with van der Waals surface area (Å²) in [6, 6.07) is 14.8. The highest BCUT2D eigenvalue weighted by molar-refractivity contribution is 5.97. The summed E-state index contributed by atoms with van der Waals surface area (Å²) >= 11 is 0. The van der Waals surface area contributed by atoms with Gasteiger partial charge in [-0.2, -0.15) is 0 Å². The summed E-state index contributed by atoms with van der Waals surface area (Å²) in [7, 11) is 1.84. The maximum atomic E-state index is 14.2. The van der Waals surface area contributed by atoms with Gasteiger partial charge in [-0.15, -0.1) is 0 Å². The van der Waals surface area contributed by atoms with E-state index in [0.717, 1.165) is 12.1 Å². The first-order valence-corrected chi connectivity index (χ1v) is 20.6. The molecule has 330 valence electrons. The van der Waals surface area contributed by atoms with Crippen molar-refractivity contribution < 1.29 is 58.0 Å². The van der Waals surface area contributed by atoms with Crippen molar-refractivity contribution in [1.29, 1.82) is 0 Å². The lowest BCUT2D eigenvalue weighted by atomic mass is 9.89. The second-order valence-electron chi connectivity index (χ2n) is 15.4. The molecule has 5 N–H and O–H groups in total. The monoisotopic (exact) mass is 838 g/mol. The highest BCUT2D eigenvalue weighted by atomic mass is 16.5. The minimum Gasteiger partial charge on any atom is -0.481 e. The fourth-order valence-corrected chi connectivity index (χ4v) is 7.04. The van der Waals surface area contributed by atoms with Crippen molar-refractivity contribution in [2.24, 2.45) is 17.8 Å². The fourth-order valence-electron chi connectivity index (χ4n) is 7.04. The van der Waals surface area contributed by atoms with Gasteiger partial charge in [0, 0.05) is 31.8 Å². The molecule has 3 amide bonds. The van der Waals surface area contributed by atoms with Gasteiger partial charge in [-0.1, -0.05) is 74.5 Å². The number of carbonyl (C=O) groups is 7. The van der Waals surface area contributed by atoms with Crippen LogP contribution in [0.1, 0.15) is 63.5 Å². The van der Waals surface area contributed by atoms with Gasteiger partial charge in [0.2, 0.25) is 17.7 Å². The van der Waals surface area contributed by atoms with Crippen LogP contribution in [0, 0.1) is 17.8 Å². The second kappa shape index (κ2) is 26.9. The van der Waals surface area contributed by atoms with Gasteiger partial charge >= 0.3 is 11.9 Å². The number of benzene rings is 2. The van der Waals surface area contributed by atoms with Crippen molar-refractivity contribution in [1.82, 2.24) is 20.9 Å². The summed E-state index contributed by atoms with van der Waals surface area (Å²) in [5, 5.41) is 27.5. The highest BCUT2D eigenvalue weighted by Gasteiger charge is 2.39. The number of Topliss-reactive ketones (excluding diaryl/α,β-unsaturated/α-hetero) is 2. The fraction of sp³-hybridized carbons (Fsp3) is 0.568. The predicted molar refractivity (Wildman–Crippen MR) is 221 cm³/mol. The zero-order valence-electron chi connectivity index (χ0n) is 35.0. The van der Waals surface area contributed by atoms with E-state index in [1.807, 2.05) is 39.1 Å². The van der Waals surface area contributed by atoms with Gasteiger partial charge in [0.05, 0.1) is 57.5 Å². The number of rotatable bonds is 30. The summed E-state index contributed by atoms with van der Waals surface area (Å²) in [5.41, 5.74) is 1.43. The van der Waals surface area contributed by atoms with Crippen LogP contribution in [0.15, 0.2) is 60.7 Å². The SMILES string of the molecule is CNCCOCCOCCOCC(=O)N[C@@H](CC(C)C)C(=O)N1CCC[C@H]1C(=O)CC(Cc1ccccc1)C(=O)N[C@@H](Cc1ccccc1)C(=O)CC(CC(=O)O)C(=O)O. The molecule has 2 aromatic carbocycles. The molecular weight excluding hydrogens is 776 g/mol. The molecule has 0 spiro atoms. The largest absolute Gasteiger partial charge is 0.481 e. The van der Waals surface area contributed by atoms with Crippen LogP contribution < -0.4 is 16.0 Å². The van der Waals surface area contributed by atoms with Crippen LogP contribution in [0.4, 0.5) is 0 Å². The second-order valence-corrected chi connectivity index (χ2v) is 15.4. The lowest BCUT2D eigenvalue weighted by molar-refractivity contribution is -0.149. The average Bonchev–Trinajstić information content (AvgIpc) is 3.71. The number of hydrogen-bond acceptors (Lipinski definition) is 11. The number of carbonyl (C=O) groups excluding carboxylic acids is 5. The van der Waals surface area contributed by atoms with E-state index < -0.39 is 78.2 Å². The minimum atomic E-state index is -1.50. The number of carboxylic acids is 2. The molecule has 0 aliphatic carbocycles. The molecule has 1 aliphatic heterocycles. The maximum Gasteiger partial charge on any atom is 0.307 e. The van der Waals surface area contributed by atoms with Gasteiger partial charge < -0.3 is 45.3 Å². The van der Waals surface area contributed by atoms with E-state index in [-0.39, 0.29) is 57.3 Å². The summed E-state index contributed by atoms with van der Waals surface area (Å²) < 4.78 is 16.3. The van der Waals surface area contributed by atoms with E-state index in [0.29, 0.717) is 44.6 Å². The van der Waals surface area contributed by atoms with E-state index >= 15 is 0 Å². The average molecular weight is 839 g/mol. The number of nitrogens with zero attached hydrogens (tertiary/aromatic N) is 1. The van der Waals surface area contributed by atoms with E-state index in [2.05, 4.69) is 16.0 Å². The van der Waals surface area contributed by atoms with Crippen LogP contribution in [-0.4, -0.2) is 134 Å². The number of likely N-dealkylation sites (N-methyl/N-ethyl adjacent to an activating group) is 1. The Balaban J connectivity index is 1.73. The van der Waals surface area contributed by atoms with Crippen LogP contribution in [0.2, 0.25) is 0 Å². The number of amides is 3. The smallest absolute Gasteiger partial charge is 0.307 e. The van der Waals surface area contributed by atoms with Crippen LogP contribution >= 0.6 is 0 Å². The number of hydrogen-bond donors (Lipinski definition) is 5. The van der Waals surface area contributed by atoms with Gasteiger partial charge in [-0.3, -0.25) is 33.6 Å². The van der Waals surface area contributed by atoms with E-state index in [9.17, 15) is 43.8 Å². The molecule has 2 unspecified atom stereocenters. The Hall–Kier alpha value is -5.03. The van der Waals surface area contributed by atoms with E-state index in [1.54, 1.807) is 42.5 Å². The predicted octanol–water partition coefficient (Wildman–Crippen LogP) is 2.46. The van der Waals surface area contributed by atoms with Gasteiger partial charge in [-0.25, -0.2) is 0 Å². The molecule has 16 heteroatoms. The summed E-state index contributed by atoms with van der Waals surface area (Å²) in [4.78, 5) is 93.7. The van der Waals surface area contributed by atoms with Gasteiger partial charge in [-0.05, 0) is 56.2 Å². The third-order valence-corrected chi connectivity index (χ3v) is 10.1. The molecule has 16 nitrogen and oxygen atoms in total. The van der Waals surface area contributed by atoms with Gasteiger partial charge in [0.15, 0.2) is 11.6 Å². The molecule has 2 aromatic rings. The van der Waals surface area contributed by atoms with Crippen molar-refractivity contribution in [3.05, 3.63) is 71.8 Å². The molecule has 0 aromatic heterocycles. The van der Waals surface area contributed by atoms with Crippen LogP contribution in [0.3, 0.4) is 0 Å². The molecule has 3 rings (SSSR count). The first-order chi connectivity index (χ1) is 28.8. The number of ketones is 2. The lowest BCUT2D eigenvalue weighted by Crippen LogP contribution is -2.53. The van der Waals surface area contributed by atoms with Gasteiger partial charge in [0.1, 0.15) is 12.6 Å². The topological polar surface area (TPSA) is 227 Å². The summed E-state index contributed by atoms with van der Waals surface area (Å²) in [6.07, 6.45) is -0.290. The molecule has 1 saturated heterocycles. The van der Waals surface area contributed by atoms with Crippen molar-refractivity contribution in [3.8, 4) is 0 Å². The Morgan fingerprint density at radius 2 is 1.33 bits per heavy atom. The quantitative estimate of drug-likeness (QED) is 0.0714. The third-order valence-electron chi connectivity index (χ3n) is 10.1. The Labute approximate surface area is 352 Å². The van der Waals surface area contributed by atoms with Crippen molar-refractivity contribution >= 4 is 41.2 Å². The van der Waals surface area contributed by atoms with E-state index in [1.165, 1.54) is 4.90 Å². The first-order valence-electron chi connectivity index (χ1n) is 20.6. The van der Waals surface area contributed by atoms with Crippen LogP contribution in [0.5, 0.6) is 0 Å². The third kappa shape index (κ3) is 18.1. The maximum absolute atomic E-state index is 14.2. The van der Waals surface area contributed by atoms with Crippen LogP contribution in [-0.2, 0) is 60.6 Å². The Kier molecular flexibility index (Phi) is 22.2. The number of carboxylic acid groups (broad SMARTS) is 2. The minimum absolute atomic E-state index is 0.0103. The van der Waals surface area contributed by atoms with Gasteiger partial charge in [0.25, 0.3) is 0 Å². The number of ether oxygens (including phenoxy) is 3. The molecule has 5 atom stereocenters. The van der Waals surface area contributed by atoms with Crippen molar-refractivity contribution in [3.63, 3.8) is 0 Å². The molecule has 60 heavy (non-hydrogen) atoms. The summed E-state index contributed by atoms with van der Waals surface area (Å²) in [6.45, 7) is 6.42.